The normalized spacial score (nSPS) is 16.3. The summed E-state index contributed by atoms with van der Waals surface area (Å²) in [5.74, 6) is -0.132. The van der Waals surface area contributed by atoms with Crippen LogP contribution in [0.5, 0.6) is 11.5 Å². The van der Waals surface area contributed by atoms with Crippen molar-refractivity contribution >= 4 is 12.0 Å². The molecule has 1 aromatic rings. The highest BCUT2D eigenvalue weighted by molar-refractivity contribution is 5.93. The fourth-order valence-electron chi connectivity index (χ4n) is 1.90. The summed E-state index contributed by atoms with van der Waals surface area (Å²) in [5.41, 5.74) is 0.532. The van der Waals surface area contributed by atoms with Crippen LogP contribution in [0.1, 0.15) is 25.5 Å². The molecule has 0 aromatic heterocycles. The Balaban J connectivity index is 0.00000116. The van der Waals surface area contributed by atoms with Crippen LogP contribution in [-0.4, -0.2) is 31.3 Å². The van der Waals surface area contributed by atoms with Crippen LogP contribution in [0.4, 0.5) is 4.79 Å². The lowest BCUT2D eigenvalue weighted by Gasteiger charge is -2.22. The van der Waals surface area contributed by atoms with Crippen LogP contribution in [0.3, 0.4) is 0 Å². The molecule has 0 spiro atoms. The van der Waals surface area contributed by atoms with Crippen LogP contribution < -0.4 is 20.1 Å². The molecular weight excluding hydrogens is 288 g/mol. The largest absolute Gasteiger partial charge is 0.493 e. The molecule has 1 aliphatic rings. The number of carbonyl (C=O) groups excluding carboxylic acids is 1. The molecule has 0 aliphatic carbocycles. The van der Waals surface area contributed by atoms with E-state index in [1.165, 1.54) is 20.3 Å². The average molecular weight is 308 g/mol. The first-order chi connectivity index (χ1) is 10.5. The van der Waals surface area contributed by atoms with Crippen molar-refractivity contribution in [1.82, 2.24) is 10.6 Å². The van der Waals surface area contributed by atoms with E-state index in [9.17, 15) is 9.59 Å². The number of rotatable bonds is 4. The number of benzene rings is 1. The van der Waals surface area contributed by atoms with E-state index >= 15 is 0 Å². The van der Waals surface area contributed by atoms with E-state index in [-0.39, 0.29) is 5.70 Å². The Bertz CT molecular complexity index is 583. The van der Waals surface area contributed by atoms with Gasteiger partial charge in [-0.05, 0) is 23.8 Å². The molecule has 2 amide bonds. The number of hydrogen-bond donors (Lipinski definition) is 3. The molecule has 2 rings (SSSR count). The van der Waals surface area contributed by atoms with E-state index in [0.717, 1.165) is 0 Å². The molecule has 0 saturated heterocycles. The van der Waals surface area contributed by atoms with Crippen molar-refractivity contribution in [2.24, 2.45) is 0 Å². The van der Waals surface area contributed by atoms with Crippen molar-refractivity contribution in [3.8, 4) is 11.5 Å². The Kier molecular flexibility index (Phi) is 6.25. The summed E-state index contributed by atoms with van der Waals surface area (Å²) >= 11 is 0. The molecule has 0 radical (unpaired) electrons. The summed E-state index contributed by atoms with van der Waals surface area (Å²) in [5, 5.41) is 13.8. The monoisotopic (exact) mass is 308 g/mol. The number of carboxylic acid groups (broad SMARTS) is 1. The third kappa shape index (κ3) is 3.91. The van der Waals surface area contributed by atoms with Crippen LogP contribution in [0, 0.1) is 0 Å². The second-order valence-electron chi connectivity index (χ2n) is 4.08. The predicted molar refractivity (Wildman–Crippen MR) is 81.0 cm³/mol. The average Bonchev–Trinajstić information content (AvgIpc) is 2.55. The molecule has 1 aliphatic heterocycles. The molecule has 120 valence electrons. The highest BCUT2D eigenvalue weighted by atomic mass is 16.5. The van der Waals surface area contributed by atoms with Crippen molar-refractivity contribution in [1.29, 1.82) is 0 Å². The van der Waals surface area contributed by atoms with Gasteiger partial charge in [-0.25, -0.2) is 9.59 Å². The highest BCUT2D eigenvalue weighted by Gasteiger charge is 2.23. The second-order valence-corrected chi connectivity index (χ2v) is 4.08. The van der Waals surface area contributed by atoms with Gasteiger partial charge in [0, 0.05) is 0 Å². The molecule has 7 heteroatoms. The summed E-state index contributed by atoms with van der Waals surface area (Å²) in [6.07, 6.45) is 1.42. The summed E-state index contributed by atoms with van der Waals surface area (Å²) < 4.78 is 10.3. The summed E-state index contributed by atoms with van der Waals surface area (Å²) in [4.78, 5) is 22.4. The number of aliphatic carboxylic acids is 1. The van der Waals surface area contributed by atoms with Crippen molar-refractivity contribution in [3.63, 3.8) is 0 Å². The third-order valence-corrected chi connectivity index (χ3v) is 2.87. The fraction of sp³-hybridized carbons (Fsp3) is 0.333. The molecule has 1 aromatic carbocycles. The molecule has 3 N–H and O–H groups in total. The zero-order valence-corrected chi connectivity index (χ0v) is 13.0. The maximum atomic E-state index is 11.5. The van der Waals surface area contributed by atoms with Gasteiger partial charge in [-0.15, -0.1) is 0 Å². The molecule has 1 atom stereocenters. The molecule has 1 heterocycles. The lowest BCUT2D eigenvalue weighted by molar-refractivity contribution is -0.133. The quantitative estimate of drug-likeness (QED) is 0.791. The Labute approximate surface area is 128 Å². The zero-order chi connectivity index (χ0) is 16.7. The first-order valence-electron chi connectivity index (χ1n) is 6.79. The molecular formula is C15H20N2O5. The van der Waals surface area contributed by atoms with Crippen molar-refractivity contribution in [2.75, 3.05) is 14.2 Å². The van der Waals surface area contributed by atoms with Crippen LogP contribution in [-0.2, 0) is 4.79 Å². The van der Waals surface area contributed by atoms with Gasteiger partial charge in [0.05, 0.1) is 20.3 Å². The van der Waals surface area contributed by atoms with Gasteiger partial charge in [0.1, 0.15) is 5.70 Å². The number of hydrogen-bond acceptors (Lipinski definition) is 4. The van der Waals surface area contributed by atoms with Gasteiger partial charge in [0.25, 0.3) is 0 Å². The van der Waals surface area contributed by atoms with Crippen molar-refractivity contribution < 1.29 is 24.2 Å². The van der Waals surface area contributed by atoms with Crippen LogP contribution in [0.2, 0.25) is 0 Å². The lowest BCUT2D eigenvalue weighted by Crippen LogP contribution is -2.43. The fourth-order valence-corrected chi connectivity index (χ4v) is 1.90. The van der Waals surface area contributed by atoms with E-state index in [0.29, 0.717) is 17.1 Å². The highest BCUT2D eigenvalue weighted by Crippen LogP contribution is 2.31. The minimum absolute atomic E-state index is 0.159. The standard InChI is InChI=1S/C13H14N2O5.C2H6/c1-19-10-4-3-7(5-11(10)20-2)8-6-9(12(16)17)15-13(18)14-8;1-2/h3-6,8H,1-2H3,(H,16,17)(H2,14,15,18);1-2H3. The summed E-state index contributed by atoms with van der Waals surface area (Å²) in [7, 11) is 3.02. The first-order valence-corrected chi connectivity index (χ1v) is 6.79. The smallest absolute Gasteiger partial charge is 0.352 e. The predicted octanol–water partition coefficient (Wildman–Crippen LogP) is 2.05. The zero-order valence-electron chi connectivity index (χ0n) is 13.0. The van der Waals surface area contributed by atoms with Crippen LogP contribution in [0.25, 0.3) is 0 Å². The van der Waals surface area contributed by atoms with E-state index in [2.05, 4.69) is 10.6 Å². The number of nitrogens with one attached hydrogen (secondary N) is 2. The minimum Gasteiger partial charge on any atom is -0.493 e. The number of amides is 2. The van der Waals surface area contributed by atoms with Gasteiger partial charge in [0.15, 0.2) is 11.5 Å². The van der Waals surface area contributed by atoms with Crippen LogP contribution >= 0.6 is 0 Å². The van der Waals surface area contributed by atoms with Crippen molar-refractivity contribution in [3.05, 3.63) is 35.5 Å². The Morgan fingerprint density at radius 1 is 1.18 bits per heavy atom. The van der Waals surface area contributed by atoms with Gasteiger partial charge < -0.3 is 25.2 Å². The SMILES string of the molecule is CC.COc1ccc(C2C=C(C(=O)O)NC(=O)N2)cc1OC. The molecule has 7 nitrogen and oxygen atoms in total. The van der Waals surface area contributed by atoms with E-state index < -0.39 is 18.0 Å². The molecule has 22 heavy (non-hydrogen) atoms. The lowest BCUT2D eigenvalue weighted by atomic mass is 10.0. The Hall–Kier alpha value is -2.70. The van der Waals surface area contributed by atoms with E-state index in [4.69, 9.17) is 14.6 Å². The topological polar surface area (TPSA) is 96.9 Å². The second kappa shape index (κ2) is 7.92. The Morgan fingerprint density at radius 3 is 2.36 bits per heavy atom. The van der Waals surface area contributed by atoms with Gasteiger partial charge in [-0.2, -0.15) is 0 Å². The van der Waals surface area contributed by atoms with E-state index in [1.54, 1.807) is 18.2 Å². The molecule has 0 saturated carbocycles. The molecule has 1 unspecified atom stereocenters. The van der Waals surface area contributed by atoms with Crippen molar-refractivity contribution in [2.45, 2.75) is 19.9 Å². The maximum Gasteiger partial charge on any atom is 0.352 e. The number of carbonyl (C=O) groups is 2. The van der Waals surface area contributed by atoms with E-state index in [1.807, 2.05) is 13.8 Å². The third-order valence-electron chi connectivity index (χ3n) is 2.87. The molecule has 0 fully saturated rings. The van der Waals surface area contributed by atoms with Gasteiger partial charge >= 0.3 is 12.0 Å². The molecule has 0 bridgehead atoms. The number of urea groups is 1. The summed E-state index contributed by atoms with van der Waals surface area (Å²) in [6, 6.07) is 3.99. The number of carboxylic acids is 1. The van der Waals surface area contributed by atoms with Gasteiger partial charge in [-0.3, -0.25) is 0 Å². The Morgan fingerprint density at radius 2 is 1.82 bits per heavy atom. The maximum absolute atomic E-state index is 11.5. The minimum atomic E-state index is -1.19. The number of ether oxygens (including phenoxy) is 2. The first kappa shape index (κ1) is 17.4. The van der Waals surface area contributed by atoms with Gasteiger partial charge in [0.2, 0.25) is 0 Å². The van der Waals surface area contributed by atoms with Crippen LogP contribution in [0.15, 0.2) is 30.0 Å². The number of methoxy groups -OCH3 is 2. The summed E-state index contributed by atoms with van der Waals surface area (Å²) in [6.45, 7) is 4.00. The van der Waals surface area contributed by atoms with Gasteiger partial charge in [-0.1, -0.05) is 19.9 Å².